The van der Waals surface area contributed by atoms with Crippen LogP contribution in [0.1, 0.15) is 46.1 Å². The third-order valence-electron chi connectivity index (χ3n) is 5.05. The number of hydrogen-bond acceptors (Lipinski definition) is 4. The van der Waals surface area contributed by atoms with Gasteiger partial charge in [-0.05, 0) is 36.6 Å². The first-order valence-electron chi connectivity index (χ1n) is 10.7. The number of hydrogen-bond donors (Lipinski definition) is 0. The molecular weight excluding hydrogens is 344 g/mol. The molecule has 2 aromatic carbocycles. The van der Waals surface area contributed by atoms with Crippen molar-refractivity contribution in [1.82, 2.24) is 0 Å². The van der Waals surface area contributed by atoms with E-state index >= 15 is 0 Å². The van der Waals surface area contributed by atoms with Gasteiger partial charge in [0, 0.05) is 11.4 Å². The highest BCUT2D eigenvalue weighted by Crippen LogP contribution is 2.35. The molecule has 0 radical (unpaired) electrons. The van der Waals surface area contributed by atoms with E-state index in [1.807, 2.05) is 13.8 Å². The molecule has 0 aromatic heterocycles. The molecule has 2 aliphatic heterocycles. The maximum Gasteiger partial charge on any atom is 0.173 e. The molecule has 1 saturated heterocycles. The van der Waals surface area contributed by atoms with Gasteiger partial charge in [-0.3, -0.25) is 9.98 Å². The molecule has 0 spiro atoms. The van der Waals surface area contributed by atoms with Gasteiger partial charge >= 0.3 is 0 Å². The lowest BCUT2D eigenvalue weighted by Crippen LogP contribution is -2.40. The van der Waals surface area contributed by atoms with Crippen molar-refractivity contribution in [2.75, 3.05) is 22.9 Å². The largest absolute Gasteiger partial charge is 0.302 e. The molecule has 4 heteroatoms. The van der Waals surface area contributed by atoms with Crippen LogP contribution in [0.4, 0.5) is 11.4 Å². The van der Waals surface area contributed by atoms with E-state index in [0.29, 0.717) is 0 Å². The van der Waals surface area contributed by atoms with E-state index in [-0.39, 0.29) is 6.17 Å². The van der Waals surface area contributed by atoms with Crippen LogP contribution in [0, 0.1) is 0 Å². The van der Waals surface area contributed by atoms with Crippen LogP contribution < -0.4 is 9.80 Å². The van der Waals surface area contributed by atoms with Crippen molar-refractivity contribution >= 4 is 23.0 Å². The molecule has 2 aromatic rings. The topological polar surface area (TPSA) is 31.2 Å². The number of aryl methyl sites for hydroxylation is 1. The van der Waals surface area contributed by atoms with Crippen LogP contribution in [-0.2, 0) is 6.42 Å². The molecule has 148 valence electrons. The molecule has 2 heterocycles. The zero-order chi connectivity index (χ0) is 19.9. The summed E-state index contributed by atoms with van der Waals surface area (Å²) in [6, 6.07) is 19.3. The zero-order valence-corrected chi connectivity index (χ0v) is 17.6. The van der Waals surface area contributed by atoms with E-state index in [4.69, 9.17) is 9.98 Å². The van der Waals surface area contributed by atoms with E-state index in [0.717, 1.165) is 44.0 Å². The number of aliphatic imine (C=N–C) groups is 2. The number of amidine groups is 2. The quantitative estimate of drug-likeness (QED) is 0.686. The summed E-state index contributed by atoms with van der Waals surface area (Å²) in [5.74, 6) is 2.04. The van der Waals surface area contributed by atoms with Crippen molar-refractivity contribution in [2.24, 2.45) is 9.98 Å². The van der Waals surface area contributed by atoms with Gasteiger partial charge < -0.3 is 9.80 Å². The van der Waals surface area contributed by atoms with Gasteiger partial charge in [0.2, 0.25) is 0 Å². The number of benzene rings is 2. The molecule has 1 fully saturated rings. The van der Waals surface area contributed by atoms with Crippen LogP contribution in [0.5, 0.6) is 0 Å². The molecule has 0 amide bonds. The first-order chi connectivity index (χ1) is 13.8. The first-order valence-corrected chi connectivity index (χ1v) is 10.7. The smallest absolute Gasteiger partial charge is 0.173 e. The lowest BCUT2D eigenvalue weighted by Gasteiger charge is -2.31. The van der Waals surface area contributed by atoms with Crippen LogP contribution in [0.25, 0.3) is 0 Å². The van der Waals surface area contributed by atoms with Crippen molar-refractivity contribution < 1.29 is 0 Å². The van der Waals surface area contributed by atoms with Gasteiger partial charge in [0.05, 0.1) is 13.1 Å². The predicted octanol–water partition coefficient (Wildman–Crippen LogP) is 5.54. The minimum atomic E-state index is 0.200. The molecule has 28 heavy (non-hydrogen) atoms. The van der Waals surface area contributed by atoms with Gasteiger partial charge in [0.25, 0.3) is 0 Å². The van der Waals surface area contributed by atoms with Gasteiger partial charge in [0.1, 0.15) is 6.17 Å². The van der Waals surface area contributed by atoms with Crippen LogP contribution in [-0.4, -0.2) is 30.9 Å². The maximum atomic E-state index is 4.89. The van der Waals surface area contributed by atoms with E-state index in [1.165, 1.54) is 16.9 Å². The lowest BCUT2D eigenvalue weighted by molar-refractivity contribution is 0.680. The Morgan fingerprint density at radius 1 is 0.821 bits per heavy atom. The lowest BCUT2D eigenvalue weighted by atomic mass is 10.1. The average Bonchev–Trinajstić information content (AvgIpc) is 3.10. The summed E-state index contributed by atoms with van der Waals surface area (Å²) in [6.45, 7) is 10.0. The third kappa shape index (κ3) is 3.68. The molecule has 2 aliphatic rings. The minimum Gasteiger partial charge on any atom is -0.302 e. The Morgan fingerprint density at radius 2 is 1.43 bits per heavy atom. The van der Waals surface area contributed by atoms with Crippen LogP contribution in [0.3, 0.4) is 0 Å². The Hall–Kier alpha value is -2.62. The van der Waals surface area contributed by atoms with Crippen molar-refractivity contribution in [3.05, 3.63) is 60.2 Å². The molecule has 4 rings (SSSR count). The standard InChI is InChI=1S/C22H26N4.C2H6/c1-3-10-17-11-8-9-14-19(17)26-20(4-2)25(18-12-6-5-7-13-18)21-22(26)24-16-15-23-21;1-2/h5-9,11-14,20H,3-4,10,15-16H2,1-2H3;1-2H3. The number of anilines is 2. The first kappa shape index (κ1) is 20.1. The minimum absolute atomic E-state index is 0.200. The Kier molecular flexibility index (Phi) is 6.85. The molecule has 1 unspecified atom stereocenters. The third-order valence-corrected chi connectivity index (χ3v) is 5.05. The molecule has 0 N–H and O–H groups in total. The summed E-state index contributed by atoms with van der Waals surface area (Å²) in [6.07, 6.45) is 3.41. The monoisotopic (exact) mass is 376 g/mol. The summed E-state index contributed by atoms with van der Waals surface area (Å²) < 4.78 is 0. The van der Waals surface area contributed by atoms with Crippen LogP contribution in [0.15, 0.2) is 64.6 Å². The highest BCUT2D eigenvalue weighted by Gasteiger charge is 2.43. The molecule has 0 aliphatic carbocycles. The fourth-order valence-corrected chi connectivity index (χ4v) is 3.97. The summed E-state index contributed by atoms with van der Waals surface area (Å²) in [7, 11) is 0. The number of nitrogens with zero attached hydrogens (tertiary/aromatic N) is 4. The number of fused-ring (bicyclic) bond motifs is 1. The van der Waals surface area contributed by atoms with Gasteiger partial charge in [-0.2, -0.15) is 0 Å². The van der Waals surface area contributed by atoms with Crippen molar-refractivity contribution in [1.29, 1.82) is 0 Å². The van der Waals surface area contributed by atoms with E-state index in [9.17, 15) is 0 Å². The maximum absolute atomic E-state index is 4.89. The predicted molar refractivity (Wildman–Crippen MR) is 122 cm³/mol. The SMILES string of the molecule is CC.CCCc1ccccc1N1C2=NCCN=C2N(c2ccccc2)C1CC. The second kappa shape index (κ2) is 9.54. The summed E-state index contributed by atoms with van der Waals surface area (Å²) in [4.78, 5) is 14.5. The van der Waals surface area contributed by atoms with E-state index in [1.54, 1.807) is 0 Å². The average molecular weight is 377 g/mol. The van der Waals surface area contributed by atoms with Crippen molar-refractivity contribution in [3.63, 3.8) is 0 Å². The highest BCUT2D eigenvalue weighted by atomic mass is 15.5. The normalized spacial score (nSPS) is 18.1. The fraction of sp³-hybridized carbons (Fsp3) is 0.417. The van der Waals surface area contributed by atoms with Gasteiger partial charge in [-0.25, -0.2) is 0 Å². The van der Waals surface area contributed by atoms with Crippen molar-refractivity contribution in [2.45, 2.75) is 53.1 Å². The zero-order valence-electron chi connectivity index (χ0n) is 17.6. The summed E-state index contributed by atoms with van der Waals surface area (Å²) in [5, 5.41) is 0. The Bertz CT molecular complexity index is 826. The number of para-hydroxylation sites is 2. The highest BCUT2D eigenvalue weighted by molar-refractivity contribution is 6.53. The second-order valence-corrected chi connectivity index (χ2v) is 6.75. The van der Waals surface area contributed by atoms with Crippen LogP contribution >= 0.6 is 0 Å². The Balaban J connectivity index is 0.00000109. The molecule has 0 bridgehead atoms. The van der Waals surface area contributed by atoms with Gasteiger partial charge in [-0.15, -0.1) is 0 Å². The van der Waals surface area contributed by atoms with Gasteiger partial charge in [-0.1, -0.05) is 70.5 Å². The second-order valence-electron chi connectivity index (χ2n) is 6.75. The van der Waals surface area contributed by atoms with E-state index < -0.39 is 0 Å². The molecule has 1 atom stereocenters. The summed E-state index contributed by atoms with van der Waals surface area (Å²) in [5.41, 5.74) is 3.84. The molecule has 4 nitrogen and oxygen atoms in total. The number of rotatable bonds is 5. The molecule has 0 saturated carbocycles. The van der Waals surface area contributed by atoms with E-state index in [2.05, 4.69) is 78.2 Å². The fourth-order valence-electron chi connectivity index (χ4n) is 3.97. The Morgan fingerprint density at radius 3 is 2.07 bits per heavy atom. The molecular formula is C24H32N4. The van der Waals surface area contributed by atoms with Crippen molar-refractivity contribution in [3.8, 4) is 0 Å². The van der Waals surface area contributed by atoms with Crippen LogP contribution in [0.2, 0.25) is 0 Å². The van der Waals surface area contributed by atoms with Gasteiger partial charge in [0.15, 0.2) is 11.7 Å². The Labute approximate surface area is 169 Å². The summed E-state index contributed by atoms with van der Waals surface area (Å²) >= 11 is 0.